The van der Waals surface area contributed by atoms with Crippen LogP contribution in [-0.4, -0.2) is 27.0 Å². The first-order valence-corrected chi connectivity index (χ1v) is 6.81. The van der Waals surface area contributed by atoms with Gasteiger partial charge in [-0.1, -0.05) is 6.07 Å². The third kappa shape index (κ3) is 2.44. The molecule has 108 valence electrons. The van der Waals surface area contributed by atoms with Gasteiger partial charge >= 0.3 is 0 Å². The maximum Gasteiger partial charge on any atom is 0.252 e. The van der Waals surface area contributed by atoms with Crippen LogP contribution >= 0.6 is 0 Å². The summed E-state index contributed by atoms with van der Waals surface area (Å²) in [5.74, 6) is 2.03. The Kier molecular flexibility index (Phi) is 3.29. The molecule has 21 heavy (non-hydrogen) atoms. The zero-order chi connectivity index (χ0) is 15.0. The molecule has 1 unspecified atom stereocenters. The van der Waals surface area contributed by atoms with Crippen molar-refractivity contribution >= 4 is 17.0 Å². The maximum atomic E-state index is 5.52. The number of hydrogen-bond donors (Lipinski definition) is 0. The van der Waals surface area contributed by atoms with Gasteiger partial charge in [-0.3, -0.25) is 4.98 Å². The lowest BCUT2D eigenvalue weighted by Gasteiger charge is -2.26. The van der Waals surface area contributed by atoms with E-state index >= 15 is 0 Å². The minimum absolute atomic E-state index is 0.119. The van der Waals surface area contributed by atoms with Gasteiger partial charge in [0, 0.05) is 26.4 Å². The van der Waals surface area contributed by atoms with Crippen molar-refractivity contribution in [1.82, 2.24) is 19.9 Å². The van der Waals surface area contributed by atoms with Crippen molar-refractivity contribution in [2.24, 2.45) is 0 Å². The Morgan fingerprint density at radius 3 is 2.71 bits per heavy atom. The van der Waals surface area contributed by atoms with E-state index in [0.717, 1.165) is 11.4 Å². The van der Waals surface area contributed by atoms with Gasteiger partial charge in [-0.05, 0) is 25.5 Å². The number of aromatic nitrogens is 4. The molecule has 0 saturated heterocycles. The third-order valence-corrected chi connectivity index (χ3v) is 3.54. The Hall–Kier alpha value is -2.50. The summed E-state index contributed by atoms with van der Waals surface area (Å²) in [6.07, 6.45) is 3.63. The van der Waals surface area contributed by atoms with Gasteiger partial charge in [0.15, 0.2) is 17.2 Å². The number of oxazole rings is 1. The van der Waals surface area contributed by atoms with Crippen molar-refractivity contribution < 1.29 is 4.42 Å². The van der Waals surface area contributed by atoms with Gasteiger partial charge in [0.05, 0.1) is 6.04 Å². The third-order valence-electron chi connectivity index (χ3n) is 3.54. The normalized spacial score (nSPS) is 12.6. The van der Waals surface area contributed by atoms with Crippen LogP contribution in [0.3, 0.4) is 0 Å². The number of anilines is 1. The molecule has 0 aliphatic carbocycles. The summed E-state index contributed by atoms with van der Waals surface area (Å²) in [4.78, 5) is 19.5. The Labute approximate surface area is 122 Å². The van der Waals surface area contributed by atoms with Crippen LogP contribution in [0.5, 0.6) is 0 Å². The SMILES string of the molecule is Cc1nc(N(C)C(C)c2cccnc2)c2nc(C)oc2n1. The molecule has 3 aromatic rings. The number of fused-ring (bicyclic) bond motifs is 1. The van der Waals surface area contributed by atoms with E-state index in [1.807, 2.05) is 39.2 Å². The molecule has 6 nitrogen and oxygen atoms in total. The number of hydrogen-bond acceptors (Lipinski definition) is 6. The fourth-order valence-electron chi connectivity index (χ4n) is 2.29. The Balaban J connectivity index is 2.07. The van der Waals surface area contributed by atoms with Gasteiger partial charge in [0.2, 0.25) is 0 Å². The van der Waals surface area contributed by atoms with E-state index in [2.05, 4.69) is 31.8 Å². The van der Waals surface area contributed by atoms with E-state index in [1.54, 1.807) is 6.20 Å². The maximum absolute atomic E-state index is 5.52. The molecular weight excluding hydrogens is 266 g/mol. The second-order valence-electron chi connectivity index (χ2n) is 5.05. The van der Waals surface area contributed by atoms with Crippen LogP contribution in [0.1, 0.15) is 30.2 Å². The van der Waals surface area contributed by atoms with E-state index < -0.39 is 0 Å². The van der Waals surface area contributed by atoms with Gasteiger partial charge in [-0.15, -0.1) is 0 Å². The Morgan fingerprint density at radius 2 is 2.00 bits per heavy atom. The van der Waals surface area contributed by atoms with Crippen LogP contribution in [0.4, 0.5) is 5.82 Å². The van der Waals surface area contributed by atoms with Gasteiger partial charge in [-0.2, -0.15) is 4.98 Å². The second-order valence-corrected chi connectivity index (χ2v) is 5.05. The highest BCUT2D eigenvalue weighted by Crippen LogP contribution is 2.29. The summed E-state index contributed by atoms with van der Waals surface area (Å²) in [5.41, 5.74) is 2.33. The molecule has 3 heterocycles. The number of aryl methyl sites for hydroxylation is 2. The predicted molar refractivity (Wildman–Crippen MR) is 80.1 cm³/mol. The molecule has 0 aliphatic heterocycles. The first-order valence-electron chi connectivity index (χ1n) is 6.81. The summed E-state index contributed by atoms with van der Waals surface area (Å²) in [5, 5.41) is 0. The molecule has 0 amide bonds. The molecular formula is C15H17N5O. The summed E-state index contributed by atoms with van der Waals surface area (Å²) in [6.45, 7) is 5.77. The van der Waals surface area contributed by atoms with Crippen LogP contribution in [0.2, 0.25) is 0 Å². The molecule has 0 spiro atoms. The molecule has 0 aliphatic rings. The lowest BCUT2D eigenvalue weighted by molar-refractivity contribution is 0.550. The van der Waals surface area contributed by atoms with E-state index in [0.29, 0.717) is 22.9 Å². The highest BCUT2D eigenvalue weighted by atomic mass is 16.4. The average molecular weight is 283 g/mol. The zero-order valence-electron chi connectivity index (χ0n) is 12.5. The number of rotatable bonds is 3. The number of pyridine rings is 1. The van der Waals surface area contributed by atoms with E-state index in [-0.39, 0.29) is 6.04 Å². The van der Waals surface area contributed by atoms with Crippen LogP contribution in [0.15, 0.2) is 28.9 Å². The van der Waals surface area contributed by atoms with Crippen molar-refractivity contribution in [3.63, 3.8) is 0 Å². The van der Waals surface area contributed by atoms with E-state index in [9.17, 15) is 0 Å². The molecule has 3 rings (SSSR count). The summed E-state index contributed by atoms with van der Waals surface area (Å²) >= 11 is 0. The van der Waals surface area contributed by atoms with Crippen LogP contribution in [-0.2, 0) is 0 Å². The minimum Gasteiger partial charge on any atom is -0.422 e. The smallest absolute Gasteiger partial charge is 0.252 e. The molecule has 0 fully saturated rings. The summed E-state index contributed by atoms with van der Waals surface area (Å²) in [6, 6.07) is 4.10. The van der Waals surface area contributed by atoms with Crippen molar-refractivity contribution in [3.05, 3.63) is 41.8 Å². The van der Waals surface area contributed by atoms with Gasteiger partial charge in [-0.25, -0.2) is 9.97 Å². The number of nitrogens with zero attached hydrogens (tertiary/aromatic N) is 5. The molecule has 1 atom stereocenters. The molecule has 0 N–H and O–H groups in total. The fraction of sp³-hybridized carbons (Fsp3) is 0.333. The largest absolute Gasteiger partial charge is 0.422 e. The zero-order valence-corrected chi connectivity index (χ0v) is 12.5. The lowest BCUT2D eigenvalue weighted by Crippen LogP contribution is -2.23. The first-order chi connectivity index (χ1) is 10.1. The molecule has 0 bridgehead atoms. The monoisotopic (exact) mass is 283 g/mol. The summed E-state index contributed by atoms with van der Waals surface area (Å²) in [7, 11) is 1.99. The van der Waals surface area contributed by atoms with E-state index in [4.69, 9.17) is 4.42 Å². The Morgan fingerprint density at radius 1 is 1.19 bits per heavy atom. The van der Waals surface area contributed by atoms with Crippen LogP contribution in [0, 0.1) is 13.8 Å². The van der Waals surface area contributed by atoms with Crippen molar-refractivity contribution in [2.45, 2.75) is 26.8 Å². The average Bonchev–Trinajstić information content (AvgIpc) is 2.85. The second kappa shape index (κ2) is 5.12. The van der Waals surface area contributed by atoms with Crippen molar-refractivity contribution in [2.75, 3.05) is 11.9 Å². The van der Waals surface area contributed by atoms with Crippen LogP contribution in [0.25, 0.3) is 11.2 Å². The van der Waals surface area contributed by atoms with Crippen molar-refractivity contribution in [1.29, 1.82) is 0 Å². The van der Waals surface area contributed by atoms with Gasteiger partial charge in [0.25, 0.3) is 5.71 Å². The lowest BCUT2D eigenvalue weighted by atomic mass is 10.1. The van der Waals surface area contributed by atoms with Gasteiger partial charge < -0.3 is 9.32 Å². The summed E-state index contributed by atoms with van der Waals surface area (Å²) < 4.78 is 5.52. The van der Waals surface area contributed by atoms with Crippen molar-refractivity contribution in [3.8, 4) is 0 Å². The Bertz CT molecular complexity index is 768. The van der Waals surface area contributed by atoms with E-state index in [1.165, 1.54) is 0 Å². The highest BCUT2D eigenvalue weighted by molar-refractivity contribution is 5.82. The highest BCUT2D eigenvalue weighted by Gasteiger charge is 2.20. The van der Waals surface area contributed by atoms with Crippen LogP contribution < -0.4 is 4.90 Å². The molecule has 0 saturated carbocycles. The predicted octanol–water partition coefficient (Wildman–Crippen LogP) is 2.83. The molecule has 0 radical (unpaired) electrons. The van der Waals surface area contributed by atoms with Gasteiger partial charge in [0.1, 0.15) is 5.82 Å². The molecule has 3 aromatic heterocycles. The standard InChI is InChI=1S/C15H17N5O/c1-9(12-6-5-7-16-8-12)20(4)14-13-15(18-10(2)17-14)21-11(3)19-13/h5-9H,1-4H3. The quantitative estimate of drug-likeness (QED) is 0.736. The fourth-order valence-corrected chi connectivity index (χ4v) is 2.29. The molecule has 6 heteroatoms. The molecule has 0 aromatic carbocycles. The topological polar surface area (TPSA) is 67.9 Å². The first kappa shape index (κ1) is 13.5. The minimum atomic E-state index is 0.119.